The molecule has 0 N–H and O–H groups in total. The summed E-state index contributed by atoms with van der Waals surface area (Å²) in [4.78, 5) is 1.22. The third-order valence-corrected chi connectivity index (χ3v) is 4.55. The Kier molecular flexibility index (Phi) is 2.49. The first kappa shape index (κ1) is 10.9. The van der Waals surface area contributed by atoms with Gasteiger partial charge in [0.15, 0.2) is 5.44 Å². The van der Waals surface area contributed by atoms with Gasteiger partial charge in [0.1, 0.15) is 5.75 Å². The van der Waals surface area contributed by atoms with Crippen molar-refractivity contribution >= 4 is 22.5 Å². The molecule has 0 bridgehead atoms. The lowest BCUT2D eigenvalue weighted by molar-refractivity contribution is 0.303. The molecule has 0 saturated heterocycles. The minimum atomic E-state index is 0.0588. The fraction of sp³-hybridized carbons (Fsp3) is 0.0588. The smallest absolute Gasteiger partial charge is 0.174 e. The van der Waals surface area contributed by atoms with Gasteiger partial charge in [0.05, 0.1) is 4.90 Å². The fourth-order valence-electron chi connectivity index (χ4n) is 2.48. The number of fused-ring (bicyclic) bond motifs is 2. The number of hydrogen-bond acceptors (Lipinski definition) is 2. The van der Waals surface area contributed by atoms with E-state index in [4.69, 9.17) is 4.74 Å². The standard InChI is InChI=1S/C17H12OS/c1-2-8-13-12(6-1)7-5-9-14(13)17-18-15-10-3-4-11-16(15)19-17/h1-11,17H. The zero-order chi connectivity index (χ0) is 12.7. The fourth-order valence-corrected chi connectivity index (χ4v) is 3.59. The SMILES string of the molecule is c1ccc2c(c1)OC(c1cccc3ccccc13)S2. The second kappa shape index (κ2) is 4.32. The molecular weight excluding hydrogens is 252 g/mol. The second-order valence-corrected chi connectivity index (χ2v) is 5.69. The van der Waals surface area contributed by atoms with E-state index in [0.717, 1.165) is 5.75 Å². The van der Waals surface area contributed by atoms with E-state index in [1.165, 1.54) is 21.2 Å². The maximum atomic E-state index is 6.06. The minimum absolute atomic E-state index is 0.0588. The molecule has 0 aliphatic carbocycles. The lowest BCUT2D eigenvalue weighted by atomic mass is 10.1. The molecule has 4 rings (SSSR count). The lowest BCUT2D eigenvalue weighted by Crippen LogP contribution is -1.98. The van der Waals surface area contributed by atoms with Gasteiger partial charge in [-0.15, -0.1) is 0 Å². The number of ether oxygens (including phenoxy) is 1. The first-order valence-corrected chi connectivity index (χ1v) is 7.20. The number of rotatable bonds is 1. The Balaban J connectivity index is 1.81. The van der Waals surface area contributed by atoms with Crippen molar-refractivity contribution in [2.45, 2.75) is 10.3 Å². The van der Waals surface area contributed by atoms with Crippen molar-refractivity contribution in [2.24, 2.45) is 0 Å². The average molecular weight is 264 g/mol. The Morgan fingerprint density at radius 3 is 2.53 bits per heavy atom. The quantitative estimate of drug-likeness (QED) is 0.610. The normalized spacial score (nSPS) is 17.2. The molecule has 2 heteroatoms. The predicted molar refractivity (Wildman–Crippen MR) is 79.6 cm³/mol. The van der Waals surface area contributed by atoms with Crippen molar-refractivity contribution in [1.82, 2.24) is 0 Å². The van der Waals surface area contributed by atoms with Crippen LogP contribution in [0.3, 0.4) is 0 Å². The van der Waals surface area contributed by atoms with Crippen molar-refractivity contribution < 1.29 is 4.74 Å². The molecular formula is C17H12OS. The molecule has 19 heavy (non-hydrogen) atoms. The third-order valence-electron chi connectivity index (χ3n) is 3.39. The predicted octanol–water partition coefficient (Wildman–Crippen LogP) is 5.02. The summed E-state index contributed by atoms with van der Waals surface area (Å²) in [5.74, 6) is 0.991. The van der Waals surface area contributed by atoms with E-state index in [-0.39, 0.29) is 5.44 Å². The van der Waals surface area contributed by atoms with Crippen LogP contribution in [0.15, 0.2) is 71.6 Å². The summed E-state index contributed by atoms with van der Waals surface area (Å²) in [5.41, 5.74) is 1.31. The van der Waals surface area contributed by atoms with Crippen LogP contribution in [-0.2, 0) is 0 Å². The van der Waals surface area contributed by atoms with Gasteiger partial charge < -0.3 is 4.74 Å². The second-order valence-electron chi connectivity index (χ2n) is 4.58. The van der Waals surface area contributed by atoms with Gasteiger partial charge in [-0.25, -0.2) is 0 Å². The summed E-state index contributed by atoms with van der Waals surface area (Å²) in [6.07, 6.45) is 0. The van der Waals surface area contributed by atoms with E-state index in [1.807, 2.05) is 12.1 Å². The van der Waals surface area contributed by atoms with Gasteiger partial charge in [0.25, 0.3) is 0 Å². The van der Waals surface area contributed by atoms with Crippen LogP contribution in [0.4, 0.5) is 0 Å². The summed E-state index contributed by atoms with van der Waals surface area (Å²) in [6.45, 7) is 0. The highest BCUT2D eigenvalue weighted by molar-refractivity contribution is 7.99. The Morgan fingerprint density at radius 2 is 1.58 bits per heavy atom. The largest absolute Gasteiger partial charge is 0.473 e. The molecule has 1 aliphatic rings. The Hall–Kier alpha value is -1.93. The van der Waals surface area contributed by atoms with E-state index >= 15 is 0 Å². The van der Waals surface area contributed by atoms with E-state index in [2.05, 4.69) is 54.6 Å². The average Bonchev–Trinajstić information content (AvgIpc) is 2.90. The highest BCUT2D eigenvalue weighted by Gasteiger charge is 2.25. The van der Waals surface area contributed by atoms with Crippen molar-refractivity contribution in [3.8, 4) is 5.75 Å². The van der Waals surface area contributed by atoms with Crippen LogP contribution in [0, 0.1) is 0 Å². The summed E-state index contributed by atoms with van der Waals surface area (Å²) in [7, 11) is 0. The molecule has 0 radical (unpaired) electrons. The van der Waals surface area contributed by atoms with Crippen molar-refractivity contribution in [1.29, 1.82) is 0 Å². The van der Waals surface area contributed by atoms with Crippen LogP contribution in [-0.4, -0.2) is 0 Å². The van der Waals surface area contributed by atoms with Crippen LogP contribution in [0.1, 0.15) is 11.0 Å². The highest BCUT2D eigenvalue weighted by atomic mass is 32.2. The molecule has 3 aromatic carbocycles. The number of thioether (sulfide) groups is 1. The van der Waals surface area contributed by atoms with Gasteiger partial charge in [-0.05, 0) is 22.9 Å². The molecule has 0 amide bonds. The van der Waals surface area contributed by atoms with Crippen molar-refractivity contribution in [3.05, 3.63) is 72.3 Å². The van der Waals surface area contributed by atoms with Crippen LogP contribution in [0.25, 0.3) is 10.8 Å². The number of hydrogen-bond donors (Lipinski definition) is 0. The van der Waals surface area contributed by atoms with Crippen LogP contribution in [0.2, 0.25) is 0 Å². The van der Waals surface area contributed by atoms with Crippen molar-refractivity contribution in [3.63, 3.8) is 0 Å². The minimum Gasteiger partial charge on any atom is -0.473 e. The van der Waals surface area contributed by atoms with E-state index in [9.17, 15) is 0 Å². The maximum Gasteiger partial charge on any atom is 0.174 e. The molecule has 1 aliphatic heterocycles. The summed E-state index contributed by atoms with van der Waals surface area (Å²) in [6, 6.07) is 23.1. The Bertz CT molecular complexity index is 721. The molecule has 0 aromatic heterocycles. The molecule has 3 aromatic rings. The molecule has 0 spiro atoms. The van der Waals surface area contributed by atoms with Crippen molar-refractivity contribution in [2.75, 3.05) is 0 Å². The first-order valence-electron chi connectivity index (χ1n) is 6.32. The monoisotopic (exact) mass is 264 g/mol. The van der Waals surface area contributed by atoms with E-state index in [0.29, 0.717) is 0 Å². The Morgan fingerprint density at radius 1 is 0.789 bits per heavy atom. The zero-order valence-electron chi connectivity index (χ0n) is 10.2. The molecule has 92 valence electrons. The van der Waals surface area contributed by atoms with Gasteiger partial charge >= 0.3 is 0 Å². The van der Waals surface area contributed by atoms with Crippen LogP contribution >= 0.6 is 11.8 Å². The number of benzene rings is 3. The van der Waals surface area contributed by atoms with Gasteiger partial charge in [0, 0.05) is 5.56 Å². The van der Waals surface area contributed by atoms with Gasteiger partial charge in [-0.1, -0.05) is 66.4 Å². The summed E-state index contributed by atoms with van der Waals surface area (Å²) >= 11 is 1.78. The zero-order valence-corrected chi connectivity index (χ0v) is 11.1. The number of para-hydroxylation sites is 1. The molecule has 1 nitrogen and oxygen atoms in total. The maximum absolute atomic E-state index is 6.06. The summed E-state index contributed by atoms with van der Waals surface area (Å²) in [5, 5.41) is 2.54. The molecule has 1 unspecified atom stereocenters. The van der Waals surface area contributed by atoms with E-state index < -0.39 is 0 Å². The summed E-state index contributed by atoms with van der Waals surface area (Å²) < 4.78 is 6.06. The molecule has 0 saturated carbocycles. The molecule has 1 heterocycles. The van der Waals surface area contributed by atoms with Crippen LogP contribution in [0.5, 0.6) is 5.75 Å². The highest BCUT2D eigenvalue weighted by Crippen LogP contribution is 2.49. The van der Waals surface area contributed by atoms with Gasteiger partial charge in [-0.3, -0.25) is 0 Å². The van der Waals surface area contributed by atoms with Crippen LogP contribution < -0.4 is 4.74 Å². The van der Waals surface area contributed by atoms with Gasteiger partial charge in [-0.2, -0.15) is 0 Å². The van der Waals surface area contributed by atoms with Gasteiger partial charge in [0.2, 0.25) is 0 Å². The molecule has 0 fully saturated rings. The molecule has 1 atom stereocenters. The Labute approximate surface area is 116 Å². The topological polar surface area (TPSA) is 9.23 Å². The third kappa shape index (κ3) is 1.80. The first-order chi connectivity index (χ1) is 9.42. The lowest BCUT2D eigenvalue weighted by Gasteiger charge is -2.12. The van der Waals surface area contributed by atoms with E-state index in [1.54, 1.807) is 11.8 Å².